The van der Waals surface area contributed by atoms with Crippen LogP contribution in [-0.4, -0.2) is 42.3 Å². The third-order valence-corrected chi connectivity index (χ3v) is 13.1. The molecule has 0 aromatic heterocycles. The average Bonchev–Trinajstić information content (AvgIpc) is 3.05. The molecule has 4 aliphatic carbocycles. The van der Waals surface area contributed by atoms with E-state index in [1.165, 1.54) is 38.5 Å². The number of hydrogen-bond acceptors (Lipinski definition) is 4. The van der Waals surface area contributed by atoms with Gasteiger partial charge in [-0.15, -0.1) is 0 Å². The molecule has 37 heavy (non-hydrogen) atoms. The first-order valence-corrected chi connectivity index (χ1v) is 25.5. The van der Waals surface area contributed by atoms with Crippen LogP contribution in [0.25, 0.3) is 0 Å². The summed E-state index contributed by atoms with van der Waals surface area (Å²) < 4.78 is 19.7. The maximum atomic E-state index is 12.0. The zero-order valence-corrected chi connectivity index (χ0v) is 28.9. The second kappa shape index (κ2) is 10.1. The Morgan fingerprint density at radius 2 is 1.49 bits per heavy atom. The molecule has 9 atom stereocenters. The summed E-state index contributed by atoms with van der Waals surface area (Å²) in [6.45, 7) is 25.6. The molecule has 4 fully saturated rings. The topological polar surface area (TPSA) is 47.9 Å². The van der Waals surface area contributed by atoms with Crippen LogP contribution in [0.1, 0.15) is 65.2 Å². The van der Waals surface area contributed by atoms with Crippen molar-refractivity contribution in [3.8, 4) is 0 Å². The van der Waals surface area contributed by atoms with E-state index in [-0.39, 0.29) is 16.9 Å². The minimum Gasteiger partial charge on any atom is -0.547 e. The second-order valence-electron chi connectivity index (χ2n) is 16.6. The Morgan fingerprint density at radius 3 is 2.08 bits per heavy atom. The van der Waals surface area contributed by atoms with Gasteiger partial charge in [0, 0.05) is 12.0 Å². The molecule has 0 amide bonds. The third kappa shape index (κ3) is 6.31. The average molecular weight is 567 g/mol. The molecule has 3 unspecified atom stereocenters. The highest BCUT2D eigenvalue weighted by molar-refractivity contribution is 6.70. The first-order chi connectivity index (χ1) is 16.8. The van der Waals surface area contributed by atoms with E-state index in [2.05, 4.69) is 72.8 Å². The van der Waals surface area contributed by atoms with Gasteiger partial charge < -0.3 is 18.4 Å². The van der Waals surface area contributed by atoms with E-state index in [0.29, 0.717) is 35.7 Å². The quantitative estimate of drug-likeness (QED) is 0.248. The zero-order valence-electron chi connectivity index (χ0n) is 25.9. The van der Waals surface area contributed by atoms with E-state index in [1.54, 1.807) is 0 Å². The molecule has 4 nitrogen and oxygen atoms in total. The highest BCUT2D eigenvalue weighted by Crippen LogP contribution is 2.68. The Bertz CT molecular complexity index is 856. The number of aliphatic hydroxyl groups is 1. The summed E-state index contributed by atoms with van der Waals surface area (Å²) in [5.41, 5.74) is 0.325. The molecular weight excluding hydrogens is 509 g/mol. The Morgan fingerprint density at radius 1 is 0.811 bits per heavy atom. The summed E-state index contributed by atoms with van der Waals surface area (Å²) in [4.78, 5) is 0. The van der Waals surface area contributed by atoms with E-state index in [4.69, 9.17) is 13.3 Å². The van der Waals surface area contributed by atoms with Gasteiger partial charge in [0.15, 0.2) is 8.32 Å². The molecule has 4 rings (SSSR count). The maximum Gasteiger partial charge on any atom is 0.241 e. The lowest BCUT2D eigenvalue weighted by Crippen LogP contribution is -2.59. The SMILES string of the molecule is C[C@]12CC(O)[C@H]3[C@@H](CCC4CC(O[Si](C)(C)C)CC[C@@]43C)[C@@H]1CC[C@@H]2/C(=C/O[Si](C)(C)C)O[Si](C)(C)C. The van der Waals surface area contributed by atoms with Crippen LogP contribution in [-0.2, 0) is 13.3 Å². The minimum atomic E-state index is -1.79. The standard InChI is InChI=1S/C30H58O4Si3/c1-29-17-16-22(33-36(6,7)8)18-21(29)12-13-23-24-14-15-25(30(24,2)19-26(31)28(23)29)27(34-37(9,10)11)20-32-35(3,4)5/h20-26,28,31H,12-19H2,1-11H3/b27-20-/t21?,22?,23-,24-,25+,26?,28+,29-,30-/m0/s1. The predicted molar refractivity (Wildman–Crippen MR) is 162 cm³/mol. The Balaban J connectivity index is 1.58. The van der Waals surface area contributed by atoms with E-state index < -0.39 is 25.0 Å². The van der Waals surface area contributed by atoms with Crippen LogP contribution in [0.4, 0.5) is 0 Å². The van der Waals surface area contributed by atoms with Crippen molar-refractivity contribution in [2.24, 2.45) is 40.4 Å². The molecule has 0 aromatic rings. The Labute approximate surface area is 231 Å². The molecule has 4 aliphatic rings. The van der Waals surface area contributed by atoms with Gasteiger partial charge in [-0.25, -0.2) is 0 Å². The molecule has 1 N–H and O–H groups in total. The molecule has 0 aromatic carbocycles. The van der Waals surface area contributed by atoms with Crippen LogP contribution in [0.3, 0.4) is 0 Å². The van der Waals surface area contributed by atoms with Crippen LogP contribution in [0.2, 0.25) is 58.9 Å². The molecular formula is C30H58O4Si3. The number of fused-ring (bicyclic) bond motifs is 5. The summed E-state index contributed by atoms with van der Waals surface area (Å²) in [6.07, 6.45) is 11.7. The molecule has 214 valence electrons. The summed E-state index contributed by atoms with van der Waals surface area (Å²) in [6, 6.07) is 0. The molecule has 0 heterocycles. The van der Waals surface area contributed by atoms with Crippen molar-refractivity contribution in [2.75, 3.05) is 0 Å². The fourth-order valence-electron chi connectivity index (χ4n) is 9.18. The normalized spacial score (nSPS) is 43.0. The van der Waals surface area contributed by atoms with Crippen molar-refractivity contribution in [1.29, 1.82) is 0 Å². The maximum absolute atomic E-state index is 12.0. The van der Waals surface area contributed by atoms with Crippen LogP contribution >= 0.6 is 0 Å². The highest BCUT2D eigenvalue weighted by atomic mass is 28.4. The molecule has 0 radical (unpaired) electrons. The lowest BCUT2D eigenvalue weighted by molar-refractivity contribution is -0.175. The van der Waals surface area contributed by atoms with Crippen molar-refractivity contribution in [3.63, 3.8) is 0 Å². The van der Waals surface area contributed by atoms with Crippen LogP contribution in [0, 0.1) is 40.4 Å². The monoisotopic (exact) mass is 566 g/mol. The number of hydrogen-bond donors (Lipinski definition) is 1. The molecule has 7 heteroatoms. The van der Waals surface area contributed by atoms with Crippen LogP contribution < -0.4 is 0 Å². The second-order valence-corrected chi connectivity index (χ2v) is 29.9. The van der Waals surface area contributed by atoms with E-state index in [9.17, 15) is 5.11 Å². The Kier molecular flexibility index (Phi) is 8.14. The molecule has 4 saturated carbocycles. The summed E-state index contributed by atoms with van der Waals surface area (Å²) >= 11 is 0. The van der Waals surface area contributed by atoms with E-state index >= 15 is 0 Å². The van der Waals surface area contributed by atoms with Gasteiger partial charge in [0.1, 0.15) is 12.0 Å². The largest absolute Gasteiger partial charge is 0.547 e. The van der Waals surface area contributed by atoms with Gasteiger partial charge in [-0.3, -0.25) is 0 Å². The summed E-state index contributed by atoms with van der Waals surface area (Å²) in [5, 5.41) is 12.0. The molecule has 0 spiro atoms. The lowest BCUT2D eigenvalue weighted by Gasteiger charge is -2.62. The van der Waals surface area contributed by atoms with Gasteiger partial charge in [0.05, 0.1) is 6.10 Å². The van der Waals surface area contributed by atoms with E-state index in [0.717, 1.165) is 18.6 Å². The smallest absolute Gasteiger partial charge is 0.241 e. The molecule has 0 bridgehead atoms. The van der Waals surface area contributed by atoms with Gasteiger partial charge in [-0.1, -0.05) is 13.8 Å². The molecule has 0 aliphatic heterocycles. The predicted octanol–water partition coefficient (Wildman–Crippen LogP) is 8.38. The van der Waals surface area contributed by atoms with Gasteiger partial charge >= 0.3 is 0 Å². The van der Waals surface area contributed by atoms with Crippen molar-refractivity contribution >= 4 is 25.0 Å². The third-order valence-electron chi connectivity index (χ3n) is 10.4. The molecule has 0 saturated heterocycles. The van der Waals surface area contributed by atoms with Crippen molar-refractivity contribution in [3.05, 3.63) is 12.0 Å². The number of allylic oxidation sites excluding steroid dienone is 1. The van der Waals surface area contributed by atoms with Gasteiger partial charge in [0.25, 0.3) is 0 Å². The van der Waals surface area contributed by atoms with Gasteiger partial charge in [0.2, 0.25) is 16.6 Å². The van der Waals surface area contributed by atoms with E-state index in [1.807, 2.05) is 6.26 Å². The first kappa shape index (κ1) is 29.9. The van der Waals surface area contributed by atoms with Gasteiger partial charge in [-0.2, -0.15) is 0 Å². The number of rotatable bonds is 7. The van der Waals surface area contributed by atoms with Gasteiger partial charge in [-0.05, 0) is 145 Å². The van der Waals surface area contributed by atoms with Crippen molar-refractivity contribution < 1.29 is 18.4 Å². The van der Waals surface area contributed by atoms with Crippen LogP contribution in [0.15, 0.2) is 12.0 Å². The minimum absolute atomic E-state index is 0.0796. The zero-order chi connectivity index (χ0) is 27.6. The number of aliphatic hydroxyl groups excluding tert-OH is 1. The Hall–Kier alpha value is -0.0894. The lowest BCUT2D eigenvalue weighted by atomic mass is 9.44. The highest BCUT2D eigenvalue weighted by Gasteiger charge is 2.64. The fraction of sp³-hybridized carbons (Fsp3) is 0.933. The first-order valence-electron chi connectivity index (χ1n) is 15.3. The summed E-state index contributed by atoms with van der Waals surface area (Å²) in [5.74, 6) is 3.85. The van der Waals surface area contributed by atoms with Crippen molar-refractivity contribution in [2.45, 2.75) is 136 Å². The fourth-order valence-corrected chi connectivity index (χ4v) is 11.8. The summed E-state index contributed by atoms with van der Waals surface area (Å²) in [7, 11) is -5.02. The van der Waals surface area contributed by atoms with Crippen molar-refractivity contribution in [1.82, 2.24) is 0 Å². The van der Waals surface area contributed by atoms with Crippen LogP contribution in [0.5, 0.6) is 0 Å².